The third-order valence-electron chi connectivity index (χ3n) is 1.59. The number of carbonyl (C=O) groups is 1. The van der Waals surface area contributed by atoms with Crippen LogP contribution in [0.1, 0.15) is 5.56 Å². The minimum atomic E-state index is -1.97. The molecule has 0 bridgehead atoms. The average Bonchev–Trinajstić information content (AvgIpc) is 2.09. The van der Waals surface area contributed by atoms with Crippen molar-refractivity contribution in [3.63, 3.8) is 0 Å². The van der Waals surface area contributed by atoms with Gasteiger partial charge in [0.2, 0.25) is 5.50 Å². The highest BCUT2D eigenvalue weighted by atomic mass is 32.2. The van der Waals surface area contributed by atoms with Crippen LogP contribution < -0.4 is 5.73 Å². The summed E-state index contributed by atoms with van der Waals surface area (Å²) in [6.07, 6.45) is 0. The van der Waals surface area contributed by atoms with Crippen molar-refractivity contribution in [2.75, 3.05) is 5.73 Å². The number of halogens is 1. The van der Waals surface area contributed by atoms with Crippen LogP contribution in [0.2, 0.25) is 0 Å². The largest absolute Gasteiger partial charge is 0.478 e. The highest BCUT2D eigenvalue weighted by Gasteiger charge is 2.18. The van der Waals surface area contributed by atoms with Gasteiger partial charge in [-0.05, 0) is 24.6 Å². The summed E-state index contributed by atoms with van der Waals surface area (Å²) in [5.41, 5.74) is 4.98. The monoisotopic (exact) mass is 215 g/mol. The molecule has 1 atom stereocenters. The number of carboxylic acid groups (broad SMARTS) is 1. The molecule has 0 heterocycles. The Balaban J connectivity index is 2.82. The minimum absolute atomic E-state index is 0.402. The lowest BCUT2D eigenvalue weighted by Gasteiger charge is -2.06. The summed E-state index contributed by atoms with van der Waals surface area (Å²) in [6, 6.07) is 5.05. The maximum absolute atomic E-state index is 12.8. The van der Waals surface area contributed by atoms with Crippen molar-refractivity contribution in [1.29, 1.82) is 0 Å². The van der Waals surface area contributed by atoms with Gasteiger partial charge < -0.3 is 10.8 Å². The third-order valence-corrected chi connectivity index (χ3v) is 2.62. The molecule has 76 valence electrons. The molecule has 3 N–H and O–H groups in total. The summed E-state index contributed by atoms with van der Waals surface area (Å²) in [7, 11) is 0. The van der Waals surface area contributed by atoms with Crippen LogP contribution in [0, 0.1) is 6.92 Å². The molecule has 0 saturated heterocycles. The molecule has 0 aliphatic heterocycles. The van der Waals surface area contributed by atoms with Gasteiger partial charge in [-0.15, -0.1) is 0 Å². The van der Waals surface area contributed by atoms with Crippen molar-refractivity contribution in [2.45, 2.75) is 17.3 Å². The molecule has 1 unspecified atom stereocenters. The van der Waals surface area contributed by atoms with Gasteiger partial charge in [0.05, 0.1) is 0 Å². The van der Waals surface area contributed by atoms with E-state index in [-0.39, 0.29) is 0 Å². The minimum Gasteiger partial charge on any atom is -0.478 e. The Kier molecular flexibility index (Phi) is 3.35. The average molecular weight is 215 g/mol. The number of alkyl halides is 1. The van der Waals surface area contributed by atoms with E-state index < -0.39 is 11.5 Å². The molecular formula is C9H10FNO2S. The fourth-order valence-corrected chi connectivity index (χ4v) is 1.60. The number of anilines is 1. The Morgan fingerprint density at radius 3 is 2.79 bits per heavy atom. The maximum Gasteiger partial charge on any atom is 0.349 e. The Morgan fingerprint density at radius 2 is 2.29 bits per heavy atom. The number of hydrogen-bond donors (Lipinski definition) is 2. The Labute approximate surface area is 85.1 Å². The molecule has 1 rings (SSSR count). The van der Waals surface area contributed by atoms with E-state index in [0.717, 1.165) is 5.56 Å². The molecule has 0 fully saturated rings. The normalized spacial score (nSPS) is 12.4. The summed E-state index contributed by atoms with van der Waals surface area (Å²) in [4.78, 5) is 10.7. The summed E-state index contributed by atoms with van der Waals surface area (Å²) in [6.45, 7) is 1.86. The van der Waals surface area contributed by atoms with E-state index >= 15 is 0 Å². The number of hydrogen-bond acceptors (Lipinski definition) is 3. The van der Waals surface area contributed by atoms with Crippen molar-refractivity contribution in [1.82, 2.24) is 0 Å². The summed E-state index contributed by atoms with van der Waals surface area (Å²) < 4.78 is 12.8. The summed E-state index contributed by atoms with van der Waals surface area (Å²) >= 11 is 0.596. The van der Waals surface area contributed by atoms with E-state index in [1.165, 1.54) is 0 Å². The highest BCUT2D eigenvalue weighted by Crippen LogP contribution is 2.30. The van der Waals surface area contributed by atoms with Crippen molar-refractivity contribution in [2.24, 2.45) is 0 Å². The van der Waals surface area contributed by atoms with Gasteiger partial charge in [-0.2, -0.15) is 0 Å². The Morgan fingerprint density at radius 1 is 1.64 bits per heavy atom. The SMILES string of the molecule is Cc1ccc(SC(F)C(=O)O)c(N)c1. The predicted molar refractivity (Wildman–Crippen MR) is 54.0 cm³/mol. The number of thioether (sulfide) groups is 1. The standard InChI is InChI=1S/C9H10FNO2S/c1-5-2-3-7(6(11)4-5)14-8(10)9(12)13/h2-4,8H,11H2,1H3,(H,12,13). The molecule has 0 aliphatic carbocycles. The van der Waals surface area contributed by atoms with E-state index in [0.29, 0.717) is 22.3 Å². The molecule has 0 aromatic heterocycles. The van der Waals surface area contributed by atoms with Crippen LogP contribution in [0.4, 0.5) is 10.1 Å². The quantitative estimate of drug-likeness (QED) is 0.598. The van der Waals surface area contributed by atoms with E-state index in [1.807, 2.05) is 6.92 Å². The van der Waals surface area contributed by atoms with Gasteiger partial charge in [0.1, 0.15) is 0 Å². The van der Waals surface area contributed by atoms with Crippen molar-refractivity contribution >= 4 is 23.4 Å². The third kappa shape index (κ3) is 2.63. The molecule has 1 aromatic rings. The first-order valence-electron chi connectivity index (χ1n) is 3.90. The summed E-state index contributed by atoms with van der Waals surface area (Å²) in [5.74, 6) is -1.49. The van der Waals surface area contributed by atoms with E-state index in [2.05, 4.69) is 0 Å². The number of nitrogens with two attached hydrogens (primary N) is 1. The predicted octanol–water partition coefficient (Wildman–Crippen LogP) is 2.05. The first kappa shape index (κ1) is 10.8. The van der Waals surface area contributed by atoms with Gasteiger partial charge in [0, 0.05) is 10.6 Å². The molecular weight excluding hydrogens is 205 g/mol. The van der Waals surface area contributed by atoms with Crippen LogP contribution in [0.25, 0.3) is 0 Å². The zero-order valence-corrected chi connectivity index (χ0v) is 8.34. The van der Waals surface area contributed by atoms with Gasteiger partial charge in [-0.3, -0.25) is 0 Å². The smallest absolute Gasteiger partial charge is 0.349 e. The van der Waals surface area contributed by atoms with Crippen molar-refractivity contribution < 1.29 is 14.3 Å². The number of nitrogen functional groups attached to an aromatic ring is 1. The number of rotatable bonds is 3. The number of aliphatic carboxylic acids is 1. The molecule has 0 aliphatic rings. The number of carboxylic acids is 1. The van der Waals surface area contributed by atoms with E-state index in [4.69, 9.17) is 10.8 Å². The molecule has 0 amide bonds. The Hall–Kier alpha value is -1.23. The van der Waals surface area contributed by atoms with Crippen LogP contribution in [0.5, 0.6) is 0 Å². The van der Waals surface area contributed by atoms with Crippen LogP contribution in [-0.2, 0) is 4.79 Å². The lowest BCUT2D eigenvalue weighted by Crippen LogP contribution is -2.09. The second-order valence-electron chi connectivity index (χ2n) is 2.81. The van der Waals surface area contributed by atoms with Crippen molar-refractivity contribution in [3.8, 4) is 0 Å². The second-order valence-corrected chi connectivity index (χ2v) is 3.90. The van der Waals surface area contributed by atoms with Gasteiger partial charge in [-0.25, -0.2) is 9.18 Å². The second kappa shape index (κ2) is 4.32. The van der Waals surface area contributed by atoms with E-state index in [1.54, 1.807) is 18.2 Å². The fourth-order valence-electron chi connectivity index (χ4n) is 0.937. The van der Waals surface area contributed by atoms with Crippen LogP contribution >= 0.6 is 11.8 Å². The molecule has 14 heavy (non-hydrogen) atoms. The fraction of sp³-hybridized carbons (Fsp3) is 0.222. The van der Waals surface area contributed by atoms with Crippen molar-refractivity contribution in [3.05, 3.63) is 23.8 Å². The molecule has 5 heteroatoms. The maximum atomic E-state index is 12.8. The lowest BCUT2D eigenvalue weighted by atomic mass is 10.2. The lowest BCUT2D eigenvalue weighted by molar-refractivity contribution is -0.139. The molecule has 0 radical (unpaired) electrons. The number of benzene rings is 1. The zero-order valence-electron chi connectivity index (χ0n) is 7.53. The van der Waals surface area contributed by atoms with E-state index in [9.17, 15) is 9.18 Å². The van der Waals surface area contributed by atoms with Gasteiger partial charge in [0.25, 0.3) is 0 Å². The molecule has 1 aromatic carbocycles. The van der Waals surface area contributed by atoms with Crippen LogP contribution in [0.15, 0.2) is 23.1 Å². The van der Waals surface area contributed by atoms with Crippen LogP contribution in [-0.4, -0.2) is 16.6 Å². The number of aryl methyl sites for hydroxylation is 1. The summed E-state index contributed by atoms with van der Waals surface area (Å²) in [5, 5.41) is 8.35. The van der Waals surface area contributed by atoms with Gasteiger partial charge in [0.15, 0.2) is 0 Å². The first-order chi connectivity index (χ1) is 6.50. The van der Waals surface area contributed by atoms with Crippen LogP contribution in [0.3, 0.4) is 0 Å². The van der Waals surface area contributed by atoms with Gasteiger partial charge in [-0.1, -0.05) is 17.8 Å². The topological polar surface area (TPSA) is 63.3 Å². The Bertz CT molecular complexity index is 357. The highest BCUT2D eigenvalue weighted by molar-refractivity contribution is 8.00. The molecule has 0 saturated carbocycles. The zero-order chi connectivity index (χ0) is 10.7. The molecule has 0 spiro atoms. The molecule has 3 nitrogen and oxygen atoms in total. The van der Waals surface area contributed by atoms with Gasteiger partial charge >= 0.3 is 5.97 Å². The first-order valence-corrected chi connectivity index (χ1v) is 4.78.